The van der Waals surface area contributed by atoms with Crippen molar-refractivity contribution < 1.29 is 0 Å². The Morgan fingerprint density at radius 1 is 0.667 bits per heavy atom. The topological polar surface area (TPSA) is 0 Å². The first-order valence-electron chi connectivity index (χ1n) is 7.45. The van der Waals surface area contributed by atoms with Crippen molar-refractivity contribution in [3.05, 3.63) is 34.4 Å². The Balaban J connectivity index is 0.000000184. The number of hydrogen-bond acceptors (Lipinski definition) is 0. The van der Waals surface area contributed by atoms with E-state index in [4.69, 9.17) is 0 Å². The van der Waals surface area contributed by atoms with Gasteiger partial charge in [-0.2, -0.15) is 0 Å². The zero-order chi connectivity index (χ0) is 13.7. The van der Waals surface area contributed by atoms with E-state index in [0.29, 0.717) is 0 Å². The summed E-state index contributed by atoms with van der Waals surface area (Å²) in [4.78, 5) is 0. The van der Waals surface area contributed by atoms with Gasteiger partial charge in [-0.05, 0) is 61.8 Å². The maximum atomic E-state index is 2.37. The van der Waals surface area contributed by atoms with Gasteiger partial charge in [0.25, 0.3) is 0 Å². The average Bonchev–Trinajstić information content (AvgIpc) is 2.36. The van der Waals surface area contributed by atoms with Crippen LogP contribution in [0.1, 0.15) is 61.8 Å². The third kappa shape index (κ3) is 4.48. The fourth-order valence-electron chi connectivity index (χ4n) is 2.52. The van der Waals surface area contributed by atoms with Gasteiger partial charge in [-0.15, -0.1) is 0 Å². The number of benzene rings is 1. The second kappa shape index (κ2) is 6.97. The molecule has 0 aliphatic heterocycles. The minimum atomic E-state index is 1.02. The van der Waals surface area contributed by atoms with Crippen LogP contribution in [-0.4, -0.2) is 0 Å². The molecule has 2 rings (SSSR count). The Kier molecular flexibility index (Phi) is 5.91. The SMILES string of the molecule is CC1CCC(C)CC1.Cc1ccc(C)c(C)c1C. The molecule has 1 aliphatic carbocycles. The molecule has 1 aromatic rings. The van der Waals surface area contributed by atoms with Crippen molar-refractivity contribution in [1.29, 1.82) is 0 Å². The van der Waals surface area contributed by atoms with E-state index < -0.39 is 0 Å². The van der Waals surface area contributed by atoms with Gasteiger partial charge in [-0.25, -0.2) is 0 Å². The first-order chi connectivity index (χ1) is 8.41. The number of aryl methyl sites for hydroxylation is 2. The van der Waals surface area contributed by atoms with Crippen LogP contribution in [0.3, 0.4) is 0 Å². The van der Waals surface area contributed by atoms with Gasteiger partial charge in [0.15, 0.2) is 0 Å². The van der Waals surface area contributed by atoms with Gasteiger partial charge >= 0.3 is 0 Å². The third-order valence-corrected chi connectivity index (χ3v) is 4.63. The van der Waals surface area contributed by atoms with Crippen molar-refractivity contribution in [3.63, 3.8) is 0 Å². The third-order valence-electron chi connectivity index (χ3n) is 4.63. The molecule has 0 heteroatoms. The minimum Gasteiger partial charge on any atom is -0.0625 e. The van der Waals surface area contributed by atoms with Crippen LogP contribution in [0.25, 0.3) is 0 Å². The van der Waals surface area contributed by atoms with E-state index in [-0.39, 0.29) is 0 Å². The summed E-state index contributed by atoms with van der Waals surface area (Å²) in [6.07, 6.45) is 5.89. The van der Waals surface area contributed by atoms with Gasteiger partial charge in [-0.3, -0.25) is 0 Å². The Labute approximate surface area is 114 Å². The highest BCUT2D eigenvalue weighted by molar-refractivity contribution is 5.37. The van der Waals surface area contributed by atoms with Crippen molar-refractivity contribution in [1.82, 2.24) is 0 Å². The largest absolute Gasteiger partial charge is 0.0625 e. The smallest absolute Gasteiger partial charge is 0.0392 e. The predicted octanol–water partition coefficient (Wildman–Crippen LogP) is 5.75. The van der Waals surface area contributed by atoms with Crippen molar-refractivity contribution in [2.45, 2.75) is 67.2 Å². The van der Waals surface area contributed by atoms with Gasteiger partial charge in [0.1, 0.15) is 0 Å². The van der Waals surface area contributed by atoms with E-state index >= 15 is 0 Å². The van der Waals surface area contributed by atoms with Crippen LogP contribution in [0.2, 0.25) is 0 Å². The Hall–Kier alpha value is -0.780. The van der Waals surface area contributed by atoms with Crippen LogP contribution in [0.5, 0.6) is 0 Å². The van der Waals surface area contributed by atoms with E-state index in [9.17, 15) is 0 Å². The Bertz CT molecular complexity index is 331. The van der Waals surface area contributed by atoms with Crippen LogP contribution in [-0.2, 0) is 0 Å². The number of hydrogen-bond donors (Lipinski definition) is 0. The monoisotopic (exact) mass is 246 g/mol. The lowest BCUT2D eigenvalue weighted by molar-refractivity contribution is 0.308. The summed E-state index contributed by atoms with van der Waals surface area (Å²) in [5, 5.41) is 0. The summed E-state index contributed by atoms with van der Waals surface area (Å²) in [5.41, 5.74) is 5.64. The molecule has 0 aromatic heterocycles. The second-order valence-corrected chi connectivity index (χ2v) is 6.31. The molecule has 0 amide bonds. The molecular weight excluding hydrogens is 216 g/mol. The molecule has 18 heavy (non-hydrogen) atoms. The van der Waals surface area contributed by atoms with Gasteiger partial charge in [0.2, 0.25) is 0 Å². The maximum Gasteiger partial charge on any atom is -0.0392 e. The van der Waals surface area contributed by atoms with E-state index in [2.05, 4.69) is 53.7 Å². The molecular formula is C18H30. The zero-order valence-electron chi connectivity index (χ0n) is 13.1. The van der Waals surface area contributed by atoms with E-state index in [1.165, 1.54) is 47.9 Å². The molecule has 0 heterocycles. The second-order valence-electron chi connectivity index (χ2n) is 6.31. The summed E-state index contributed by atoms with van der Waals surface area (Å²) in [6, 6.07) is 4.36. The molecule has 0 radical (unpaired) electrons. The predicted molar refractivity (Wildman–Crippen MR) is 82.2 cm³/mol. The van der Waals surface area contributed by atoms with E-state index in [1.807, 2.05) is 0 Å². The summed E-state index contributed by atoms with van der Waals surface area (Å²) in [5.74, 6) is 2.04. The van der Waals surface area contributed by atoms with Crippen LogP contribution in [0, 0.1) is 39.5 Å². The van der Waals surface area contributed by atoms with Crippen molar-refractivity contribution in [3.8, 4) is 0 Å². The molecule has 1 aromatic carbocycles. The molecule has 102 valence electrons. The summed E-state index contributed by atoms with van der Waals surface area (Å²) in [6.45, 7) is 13.4. The van der Waals surface area contributed by atoms with Gasteiger partial charge < -0.3 is 0 Å². The first kappa shape index (κ1) is 15.3. The van der Waals surface area contributed by atoms with E-state index in [0.717, 1.165) is 11.8 Å². The normalized spacial score (nSPS) is 23.2. The van der Waals surface area contributed by atoms with Crippen molar-refractivity contribution in [2.75, 3.05) is 0 Å². The average molecular weight is 246 g/mol. The lowest BCUT2D eigenvalue weighted by Crippen LogP contribution is -2.08. The highest BCUT2D eigenvalue weighted by Crippen LogP contribution is 2.27. The lowest BCUT2D eigenvalue weighted by atomic mass is 9.84. The van der Waals surface area contributed by atoms with Crippen molar-refractivity contribution in [2.24, 2.45) is 11.8 Å². The highest BCUT2D eigenvalue weighted by Gasteiger charge is 2.13. The summed E-state index contributed by atoms with van der Waals surface area (Å²) in [7, 11) is 0. The van der Waals surface area contributed by atoms with Gasteiger partial charge in [0, 0.05) is 0 Å². The number of rotatable bonds is 0. The van der Waals surface area contributed by atoms with E-state index in [1.54, 1.807) is 0 Å². The van der Waals surface area contributed by atoms with Crippen LogP contribution < -0.4 is 0 Å². The molecule has 0 N–H and O–H groups in total. The quantitative estimate of drug-likeness (QED) is 0.546. The zero-order valence-corrected chi connectivity index (χ0v) is 13.1. The van der Waals surface area contributed by atoms with Crippen LogP contribution in [0.15, 0.2) is 12.1 Å². The minimum absolute atomic E-state index is 1.02. The lowest BCUT2D eigenvalue weighted by Gasteiger charge is -2.22. The molecule has 1 saturated carbocycles. The van der Waals surface area contributed by atoms with Crippen LogP contribution in [0.4, 0.5) is 0 Å². The highest BCUT2D eigenvalue weighted by atomic mass is 14.2. The first-order valence-corrected chi connectivity index (χ1v) is 7.45. The van der Waals surface area contributed by atoms with Crippen molar-refractivity contribution >= 4 is 0 Å². The maximum absolute atomic E-state index is 2.37. The standard InChI is InChI=1S/C10H14.C8H16/c1-7-5-6-8(2)10(4)9(7)3;1-7-3-5-8(2)6-4-7/h5-6H,1-4H3;7-8H,3-6H2,1-2H3. The molecule has 0 saturated heterocycles. The molecule has 0 unspecified atom stereocenters. The van der Waals surface area contributed by atoms with Gasteiger partial charge in [0.05, 0.1) is 0 Å². The Morgan fingerprint density at radius 3 is 1.22 bits per heavy atom. The fourth-order valence-corrected chi connectivity index (χ4v) is 2.52. The molecule has 0 spiro atoms. The fraction of sp³-hybridized carbons (Fsp3) is 0.667. The molecule has 1 fully saturated rings. The molecule has 1 aliphatic rings. The van der Waals surface area contributed by atoms with Gasteiger partial charge in [-0.1, -0.05) is 51.7 Å². The Morgan fingerprint density at radius 2 is 0.944 bits per heavy atom. The molecule has 0 bridgehead atoms. The van der Waals surface area contributed by atoms with Crippen LogP contribution >= 0.6 is 0 Å². The molecule has 0 nitrogen and oxygen atoms in total. The summed E-state index contributed by atoms with van der Waals surface area (Å²) < 4.78 is 0. The molecule has 0 atom stereocenters. The summed E-state index contributed by atoms with van der Waals surface area (Å²) >= 11 is 0.